The standard InChI is InChI=1S/C18H19ClFN/c1-12-2-5-14(6-3-12)15-9-16(10-15)21-11-13-4-7-18(20)17(19)8-13/h2-8,15-16,21H,9-11H2,1H3. The highest BCUT2D eigenvalue weighted by molar-refractivity contribution is 6.30. The molecular weight excluding hydrogens is 285 g/mol. The Hall–Kier alpha value is -1.38. The molecule has 0 heterocycles. The Morgan fingerprint density at radius 3 is 2.52 bits per heavy atom. The molecule has 1 aliphatic carbocycles. The fourth-order valence-electron chi connectivity index (χ4n) is 2.81. The van der Waals surface area contributed by atoms with E-state index >= 15 is 0 Å². The van der Waals surface area contributed by atoms with Crippen LogP contribution in [0, 0.1) is 12.7 Å². The van der Waals surface area contributed by atoms with Gasteiger partial charge in [-0.25, -0.2) is 4.39 Å². The second-order valence-electron chi connectivity index (χ2n) is 5.91. The van der Waals surface area contributed by atoms with Crippen molar-refractivity contribution in [3.05, 3.63) is 70.0 Å². The molecule has 21 heavy (non-hydrogen) atoms. The largest absolute Gasteiger partial charge is 0.310 e. The molecule has 3 heteroatoms. The van der Waals surface area contributed by atoms with Crippen molar-refractivity contribution in [3.8, 4) is 0 Å². The Bertz CT molecular complexity index is 618. The lowest BCUT2D eigenvalue weighted by Gasteiger charge is -2.36. The van der Waals surface area contributed by atoms with Gasteiger partial charge in [0.1, 0.15) is 5.82 Å². The van der Waals surface area contributed by atoms with Gasteiger partial charge in [-0.2, -0.15) is 0 Å². The quantitative estimate of drug-likeness (QED) is 0.853. The monoisotopic (exact) mass is 303 g/mol. The Morgan fingerprint density at radius 2 is 1.86 bits per heavy atom. The average Bonchev–Trinajstić information content (AvgIpc) is 2.43. The second-order valence-corrected chi connectivity index (χ2v) is 6.31. The molecule has 2 aromatic carbocycles. The third-order valence-electron chi connectivity index (χ3n) is 4.27. The van der Waals surface area contributed by atoms with Crippen molar-refractivity contribution in [3.63, 3.8) is 0 Å². The van der Waals surface area contributed by atoms with Crippen molar-refractivity contribution in [2.45, 2.75) is 38.3 Å². The molecule has 0 saturated heterocycles. The minimum Gasteiger partial charge on any atom is -0.310 e. The van der Waals surface area contributed by atoms with Crippen molar-refractivity contribution >= 4 is 11.6 Å². The van der Waals surface area contributed by atoms with Crippen molar-refractivity contribution in [1.29, 1.82) is 0 Å². The van der Waals surface area contributed by atoms with Gasteiger partial charge in [0.25, 0.3) is 0 Å². The smallest absolute Gasteiger partial charge is 0.141 e. The summed E-state index contributed by atoms with van der Waals surface area (Å²) in [6, 6.07) is 14.3. The lowest BCUT2D eigenvalue weighted by molar-refractivity contribution is 0.289. The molecule has 1 fully saturated rings. The molecule has 0 spiro atoms. The van der Waals surface area contributed by atoms with E-state index in [1.807, 2.05) is 0 Å². The molecule has 110 valence electrons. The minimum absolute atomic E-state index is 0.195. The summed E-state index contributed by atoms with van der Waals surface area (Å²) in [5.74, 6) is 0.309. The molecule has 3 rings (SSSR count). The molecule has 1 saturated carbocycles. The lowest BCUT2D eigenvalue weighted by atomic mass is 9.75. The van der Waals surface area contributed by atoms with Crippen LogP contribution in [0.25, 0.3) is 0 Å². The van der Waals surface area contributed by atoms with E-state index in [2.05, 4.69) is 36.5 Å². The second kappa shape index (κ2) is 6.17. The highest BCUT2D eigenvalue weighted by Gasteiger charge is 2.29. The van der Waals surface area contributed by atoms with Crippen LogP contribution < -0.4 is 5.32 Å². The topological polar surface area (TPSA) is 12.0 Å². The first-order chi connectivity index (χ1) is 10.1. The van der Waals surface area contributed by atoms with Crippen LogP contribution in [0.2, 0.25) is 5.02 Å². The summed E-state index contributed by atoms with van der Waals surface area (Å²) in [6.07, 6.45) is 2.33. The van der Waals surface area contributed by atoms with Crippen molar-refractivity contribution in [2.24, 2.45) is 0 Å². The summed E-state index contributed by atoms with van der Waals surface area (Å²) >= 11 is 5.79. The molecule has 1 aliphatic rings. The van der Waals surface area contributed by atoms with E-state index in [4.69, 9.17) is 11.6 Å². The summed E-state index contributed by atoms with van der Waals surface area (Å²) in [7, 11) is 0. The Kier molecular flexibility index (Phi) is 4.27. The number of nitrogens with one attached hydrogen (secondary N) is 1. The van der Waals surface area contributed by atoms with Crippen LogP contribution in [0.15, 0.2) is 42.5 Å². The van der Waals surface area contributed by atoms with Crippen LogP contribution in [-0.4, -0.2) is 6.04 Å². The van der Waals surface area contributed by atoms with E-state index in [1.165, 1.54) is 17.2 Å². The summed E-state index contributed by atoms with van der Waals surface area (Å²) in [4.78, 5) is 0. The highest BCUT2D eigenvalue weighted by atomic mass is 35.5. The molecule has 0 unspecified atom stereocenters. The molecule has 2 aromatic rings. The minimum atomic E-state index is -0.358. The summed E-state index contributed by atoms with van der Waals surface area (Å²) in [6.45, 7) is 2.86. The highest BCUT2D eigenvalue weighted by Crippen LogP contribution is 2.37. The van der Waals surface area contributed by atoms with Crippen LogP contribution in [0.4, 0.5) is 4.39 Å². The number of hydrogen-bond donors (Lipinski definition) is 1. The van der Waals surface area contributed by atoms with E-state index in [0.29, 0.717) is 12.0 Å². The maximum absolute atomic E-state index is 13.1. The van der Waals surface area contributed by atoms with Crippen LogP contribution >= 0.6 is 11.6 Å². The van der Waals surface area contributed by atoms with E-state index in [9.17, 15) is 4.39 Å². The van der Waals surface area contributed by atoms with Gasteiger partial charge < -0.3 is 5.32 Å². The molecule has 0 aliphatic heterocycles. The zero-order valence-electron chi connectivity index (χ0n) is 12.1. The van der Waals surface area contributed by atoms with Crippen molar-refractivity contribution in [2.75, 3.05) is 0 Å². The maximum Gasteiger partial charge on any atom is 0.141 e. The molecule has 1 N–H and O–H groups in total. The SMILES string of the molecule is Cc1ccc(C2CC(NCc3ccc(F)c(Cl)c3)C2)cc1. The lowest BCUT2D eigenvalue weighted by Crippen LogP contribution is -2.39. The maximum atomic E-state index is 13.1. The number of aryl methyl sites for hydroxylation is 1. The van der Waals surface area contributed by atoms with E-state index in [1.54, 1.807) is 12.1 Å². The number of hydrogen-bond acceptors (Lipinski definition) is 1. The molecule has 0 amide bonds. The van der Waals surface area contributed by atoms with Crippen molar-refractivity contribution in [1.82, 2.24) is 5.32 Å². The third kappa shape index (κ3) is 3.45. The molecule has 0 atom stereocenters. The van der Waals surface area contributed by atoms with Gasteiger partial charge in [-0.05, 0) is 48.9 Å². The van der Waals surface area contributed by atoms with Gasteiger partial charge in [-0.1, -0.05) is 47.5 Å². The van der Waals surface area contributed by atoms with Gasteiger partial charge >= 0.3 is 0 Å². The van der Waals surface area contributed by atoms with Crippen LogP contribution in [0.3, 0.4) is 0 Å². The Morgan fingerprint density at radius 1 is 1.14 bits per heavy atom. The van der Waals surface area contributed by atoms with E-state index in [-0.39, 0.29) is 10.8 Å². The van der Waals surface area contributed by atoms with Gasteiger partial charge in [0.15, 0.2) is 0 Å². The van der Waals surface area contributed by atoms with Gasteiger partial charge in [-0.15, -0.1) is 0 Å². The van der Waals surface area contributed by atoms with Crippen LogP contribution in [-0.2, 0) is 6.54 Å². The van der Waals surface area contributed by atoms with Gasteiger partial charge in [0.05, 0.1) is 5.02 Å². The molecule has 0 bridgehead atoms. The number of benzene rings is 2. The van der Waals surface area contributed by atoms with E-state index < -0.39 is 0 Å². The number of rotatable bonds is 4. The first kappa shape index (κ1) is 14.6. The number of halogens is 2. The van der Waals surface area contributed by atoms with Crippen molar-refractivity contribution < 1.29 is 4.39 Å². The van der Waals surface area contributed by atoms with Crippen LogP contribution in [0.5, 0.6) is 0 Å². The van der Waals surface area contributed by atoms with Gasteiger partial charge in [0, 0.05) is 12.6 Å². The summed E-state index contributed by atoms with van der Waals surface area (Å²) < 4.78 is 13.1. The molecule has 1 nitrogen and oxygen atoms in total. The van der Waals surface area contributed by atoms with E-state index in [0.717, 1.165) is 24.9 Å². The zero-order chi connectivity index (χ0) is 14.8. The molecule has 0 radical (unpaired) electrons. The zero-order valence-corrected chi connectivity index (χ0v) is 12.8. The van der Waals surface area contributed by atoms with Gasteiger partial charge in [-0.3, -0.25) is 0 Å². The summed E-state index contributed by atoms with van der Waals surface area (Å²) in [5.41, 5.74) is 3.77. The predicted octanol–water partition coefficient (Wildman–Crippen LogP) is 4.82. The molecular formula is C18H19ClFN. The average molecular weight is 304 g/mol. The predicted molar refractivity (Wildman–Crippen MR) is 85.2 cm³/mol. The first-order valence-electron chi connectivity index (χ1n) is 7.35. The molecule has 0 aromatic heterocycles. The fourth-order valence-corrected chi connectivity index (χ4v) is 3.01. The third-order valence-corrected chi connectivity index (χ3v) is 4.56. The summed E-state index contributed by atoms with van der Waals surface area (Å²) in [5, 5.41) is 3.71. The fraction of sp³-hybridized carbons (Fsp3) is 0.333. The van der Waals surface area contributed by atoms with Crippen LogP contribution in [0.1, 0.15) is 35.4 Å². The normalized spacial score (nSPS) is 21.1. The Labute approximate surface area is 130 Å². The Balaban J connectivity index is 1.48. The first-order valence-corrected chi connectivity index (χ1v) is 7.73. The van der Waals surface area contributed by atoms with Gasteiger partial charge in [0.2, 0.25) is 0 Å².